The predicted octanol–water partition coefficient (Wildman–Crippen LogP) is 3.59. The number of carbonyl (C=O) groups excluding carboxylic acids is 2. The van der Waals surface area contributed by atoms with Gasteiger partial charge in [-0.15, -0.1) is 0 Å². The van der Waals surface area contributed by atoms with Gasteiger partial charge in [-0.05, 0) is 55.3 Å². The smallest absolute Gasteiger partial charge is 0.338 e. The Bertz CT molecular complexity index is 826. The maximum absolute atomic E-state index is 12.1. The molecule has 0 saturated carbocycles. The summed E-state index contributed by atoms with van der Waals surface area (Å²) in [6, 6.07) is 8.54. The molecule has 0 aromatic heterocycles. The fourth-order valence-corrected chi connectivity index (χ4v) is 3.21. The summed E-state index contributed by atoms with van der Waals surface area (Å²) in [5.41, 5.74) is 2.85. The van der Waals surface area contributed by atoms with E-state index in [1.807, 2.05) is 26.0 Å². The number of halogens is 1. The minimum absolute atomic E-state index is 0.127. The number of anilines is 1. The highest BCUT2D eigenvalue weighted by atomic mass is 79.9. The van der Waals surface area contributed by atoms with E-state index in [9.17, 15) is 9.59 Å². The molecule has 1 heterocycles. The molecule has 3 rings (SSSR count). The van der Waals surface area contributed by atoms with E-state index in [2.05, 4.69) is 21.2 Å². The van der Waals surface area contributed by atoms with E-state index in [1.54, 1.807) is 12.1 Å². The Balaban J connectivity index is 1.60. The summed E-state index contributed by atoms with van der Waals surface area (Å²) < 4.78 is 16.4. The first-order chi connectivity index (χ1) is 11.9. The lowest BCUT2D eigenvalue weighted by Crippen LogP contribution is -2.21. The predicted molar refractivity (Wildman–Crippen MR) is 95.1 cm³/mol. The second kappa shape index (κ2) is 7.14. The van der Waals surface area contributed by atoms with Crippen molar-refractivity contribution in [3.8, 4) is 11.5 Å². The van der Waals surface area contributed by atoms with Crippen molar-refractivity contribution in [1.29, 1.82) is 0 Å². The maximum Gasteiger partial charge on any atom is 0.338 e. The normalized spacial score (nSPS) is 12.0. The highest BCUT2D eigenvalue weighted by Gasteiger charge is 2.18. The Morgan fingerprint density at radius 3 is 2.52 bits per heavy atom. The third kappa shape index (κ3) is 3.93. The number of aryl methyl sites for hydroxylation is 2. The zero-order chi connectivity index (χ0) is 18.0. The van der Waals surface area contributed by atoms with Gasteiger partial charge in [-0.25, -0.2) is 4.79 Å². The third-order valence-corrected chi connectivity index (χ3v) is 4.16. The van der Waals surface area contributed by atoms with Gasteiger partial charge in [0.1, 0.15) is 0 Å². The van der Waals surface area contributed by atoms with Gasteiger partial charge in [0.05, 0.1) is 5.56 Å². The van der Waals surface area contributed by atoms with Crippen molar-refractivity contribution >= 4 is 33.5 Å². The van der Waals surface area contributed by atoms with Crippen LogP contribution in [0.4, 0.5) is 5.69 Å². The molecule has 0 unspecified atom stereocenters. The first kappa shape index (κ1) is 17.3. The molecule has 0 fully saturated rings. The van der Waals surface area contributed by atoms with Gasteiger partial charge in [0.2, 0.25) is 6.79 Å². The molecule has 0 bridgehead atoms. The van der Waals surface area contributed by atoms with E-state index in [-0.39, 0.29) is 13.4 Å². The van der Waals surface area contributed by atoms with Crippen LogP contribution in [0.1, 0.15) is 21.5 Å². The number of hydrogen-bond donors (Lipinski definition) is 1. The van der Waals surface area contributed by atoms with E-state index in [1.165, 1.54) is 6.07 Å². The van der Waals surface area contributed by atoms with E-state index in [4.69, 9.17) is 14.2 Å². The number of fused-ring (bicyclic) bond motifs is 1. The number of nitrogens with one attached hydrogen (secondary N) is 1. The molecule has 130 valence electrons. The summed E-state index contributed by atoms with van der Waals surface area (Å²) in [5, 5.41) is 2.77. The second-order valence-electron chi connectivity index (χ2n) is 5.61. The van der Waals surface area contributed by atoms with Crippen LogP contribution in [-0.2, 0) is 9.53 Å². The molecule has 1 N–H and O–H groups in total. The summed E-state index contributed by atoms with van der Waals surface area (Å²) in [6.07, 6.45) is 0. The quantitative estimate of drug-likeness (QED) is 0.786. The number of hydrogen-bond acceptors (Lipinski definition) is 5. The average molecular weight is 406 g/mol. The molecular weight excluding hydrogens is 390 g/mol. The largest absolute Gasteiger partial charge is 0.454 e. The lowest BCUT2D eigenvalue weighted by molar-refractivity contribution is -0.119. The molecule has 6 nitrogen and oxygen atoms in total. The number of ether oxygens (including phenoxy) is 3. The highest BCUT2D eigenvalue weighted by Crippen LogP contribution is 2.32. The third-order valence-electron chi connectivity index (χ3n) is 3.70. The van der Waals surface area contributed by atoms with Gasteiger partial charge in [0, 0.05) is 10.2 Å². The number of carbonyl (C=O) groups is 2. The number of esters is 1. The van der Waals surface area contributed by atoms with Crippen molar-refractivity contribution in [2.45, 2.75) is 13.8 Å². The standard InChI is InChI=1S/C18H16BrNO5/c1-10-5-13(19)6-11(2)17(10)20-16(21)8-23-18(22)12-3-4-14-15(7-12)25-9-24-14/h3-7H,8-9H2,1-2H3,(H,20,21). The lowest BCUT2D eigenvalue weighted by Gasteiger charge is -2.12. The van der Waals surface area contributed by atoms with Gasteiger partial charge in [0.25, 0.3) is 5.91 Å². The van der Waals surface area contributed by atoms with E-state index in [0.717, 1.165) is 15.6 Å². The molecule has 25 heavy (non-hydrogen) atoms. The highest BCUT2D eigenvalue weighted by molar-refractivity contribution is 9.10. The summed E-state index contributed by atoms with van der Waals surface area (Å²) in [6.45, 7) is 3.54. The van der Waals surface area contributed by atoms with Crippen molar-refractivity contribution in [3.05, 3.63) is 51.5 Å². The first-order valence-electron chi connectivity index (χ1n) is 7.57. The average Bonchev–Trinajstić information content (AvgIpc) is 3.03. The van der Waals surface area contributed by atoms with Crippen molar-refractivity contribution in [3.63, 3.8) is 0 Å². The number of rotatable bonds is 4. The van der Waals surface area contributed by atoms with Crippen LogP contribution < -0.4 is 14.8 Å². The van der Waals surface area contributed by atoms with Crippen LogP contribution >= 0.6 is 15.9 Å². The molecular formula is C18H16BrNO5. The number of amides is 1. The molecule has 1 aliphatic heterocycles. The summed E-state index contributed by atoms with van der Waals surface area (Å²) in [5.74, 6) is 0.0656. The van der Waals surface area contributed by atoms with E-state index in [0.29, 0.717) is 22.7 Å². The molecule has 0 spiro atoms. The summed E-state index contributed by atoms with van der Waals surface area (Å²) in [7, 11) is 0. The minimum Gasteiger partial charge on any atom is -0.454 e. The zero-order valence-corrected chi connectivity index (χ0v) is 15.3. The van der Waals surface area contributed by atoms with Crippen LogP contribution in [0, 0.1) is 13.8 Å². The van der Waals surface area contributed by atoms with Crippen LogP contribution in [-0.4, -0.2) is 25.3 Å². The van der Waals surface area contributed by atoms with Crippen LogP contribution in [0.15, 0.2) is 34.8 Å². The molecule has 1 amide bonds. The van der Waals surface area contributed by atoms with Gasteiger partial charge in [0.15, 0.2) is 18.1 Å². The second-order valence-corrected chi connectivity index (χ2v) is 6.52. The number of benzene rings is 2. The molecule has 0 radical (unpaired) electrons. The van der Waals surface area contributed by atoms with E-state index < -0.39 is 11.9 Å². The van der Waals surface area contributed by atoms with Gasteiger partial charge < -0.3 is 19.5 Å². The Hall–Kier alpha value is -2.54. The van der Waals surface area contributed by atoms with Gasteiger partial charge >= 0.3 is 5.97 Å². The van der Waals surface area contributed by atoms with Crippen molar-refractivity contribution in [2.75, 3.05) is 18.7 Å². The molecule has 0 saturated heterocycles. The maximum atomic E-state index is 12.1. The topological polar surface area (TPSA) is 73.9 Å². The minimum atomic E-state index is -0.599. The Morgan fingerprint density at radius 2 is 1.80 bits per heavy atom. The SMILES string of the molecule is Cc1cc(Br)cc(C)c1NC(=O)COC(=O)c1ccc2c(c1)OCO2. The zero-order valence-electron chi connectivity index (χ0n) is 13.7. The Labute approximate surface area is 153 Å². The molecule has 7 heteroatoms. The molecule has 1 aliphatic rings. The van der Waals surface area contributed by atoms with Crippen molar-refractivity contribution < 1.29 is 23.8 Å². The molecule has 2 aromatic rings. The monoisotopic (exact) mass is 405 g/mol. The summed E-state index contributed by atoms with van der Waals surface area (Å²) >= 11 is 3.41. The van der Waals surface area contributed by atoms with Crippen LogP contribution in [0.5, 0.6) is 11.5 Å². The lowest BCUT2D eigenvalue weighted by atomic mass is 10.1. The Kier molecular flexibility index (Phi) is 4.94. The molecule has 2 aromatic carbocycles. The molecule has 0 aliphatic carbocycles. The van der Waals surface area contributed by atoms with Gasteiger partial charge in [-0.1, -0.05) is 15.9 Å². The Morgan fingerprint density at radius 1 is 1.12 bits per heavy atom. The van der Waals surface area contributed by atoms with E-state index >= 15 is 0 Å². The van der Waals surface area contributed by atoms with Crippen LogP contribution in [0.25, 0.3) is 0 Å². The summed E-state index contributed by atoms with van der Waals surface area (Å²) in [4.78, 5) is 24.2. The van der Waals surface area contributed by atoms with Crippen molar-refractivity contribution in [1.82, 2.24) is 0 Å². The van der Waals surface area contributed by atoms with Gasteiger partial charge in [-0.2, -0.15) is 0 Å². The van der Waals surface area contributed by atoms with Crippen LogP contribution in [0.3, 0.4) is 0 Å². The fourth-order valence-electron chi connectivity index (χ4n) is 2.52. The first-order valence-corrected chi connectivity index (χ1v) is 8.36. The fraction of sp³-hybridized carbons (Fsp3) is 0.222. The molecule has 0 atom stereocenters. The van der Waals surface area contributed by atoms with Gasteiger partial charge in [-0.3, -0.25) is 4.79 Å². The van der Waals surface area contributed by atoms with Crippen molar-refractivity contribution in [2.24, 2.45) is 0 Å². The van der Waals surface area contributed by atoms with Crippen LogP contribution in [0.2, 0.25) is 0 Å².